The van der Waals surface area contributed by atoms with Crippen LogP contribution in [0.5, 0.6) is 5.75 Å². The molecule has 1 atom stereocenters. The fraction of sp³-hybridized carbons (Fsp3) is 0.308. The average Bonchev–Trinajstić information content (AvgIpc) is 3.27. The fourth-order valence-corrected chi connectivity index (χ4v) is 4.16. The molecule has 1 aromatic heterocycles. The lowest BCUT2D eigenvalue weighted by Gasteiger charge is -2.19. The zero-order valence-electron chi connectivity index (χ0n) is 18.2. The minimum atomic E-state index is -0.0248. The molecule has 0 saturated carbocycles. The van der Waals surface area contributed by atoms with Gasteiger partial charge in [0.15, 0.2) is 0 Å². The highest BCUT2D eigenvalue weighted by atomic mass is 16.5. The van der Waals surface area contributed by atoms with E-state index in [0.717, 1.165) is 42.0 Å². The quantitative estimate of drug-likeness (QED) is 0.616. The number of pyridine rings is 1. The molecule has 160 valence electrons. The van der Waals surface area contributed by atoms with Crippen molar-refractivity contribution in [3.63, 3.8) is 0 Å². The summed E-state index contributed by atoms with van der Waals surface area (Å²) in [5.41, 5.74) is 4.88. The number of hydrogen-bond donors (Lipinski definition) is 1. The van der Waals surface area contributed by atoms with E-state index in [-0.39, 0.29) is 5.91 Å². The number of carbonyl (C=O) groups excluding carboxylic acids is 1. The highest BCUT2D eigenvalue weighted by Gasteiger charge is 2.23. The first-order chi connectivity index (χ1) is 15.1. The molecule has 0 aliphatic carbocycles. The van der Waals surface area contributed by atoms with E-state index in [1.165, 1.54) is 5.69 Å². The number of hydrogen-bond acceptors (Lipinski definition) is 4. The number of benzene rings is 2. The molecule has 31 heavy (non-hydrogen) atoms. The van der Waals surface area contributed by atoms with Crippen LogP contribution in [0.3, 0.4) is 0 Å². The van der Waals surface area contributed by atoms with Gasteiger partial charge in [-0.1, -0.05) is 24.3 Å². The molecule has 1 unspecified atom stereocenters. The number of nitrogens with zero attached hydrogens (tertiary/aromatic N) is 2. The van der Waals surface area contributed by atoms with Gasteiger partial charge in [0.25, 0.3) is 5.91 Å². The van der Waals surface area contributed by atoms with Crippen molar-refractivity contribution in [3.8, 4) is 5.75 Å². The molecule has 0 spiro atoms. The Morgan fingerprint density at radius 3 is 2.61 bits per heavy atom. The van der Waals surface area contributed by atoms with Gasteiger partial charge in [-0.3, -0.25) is 9.78 Å². The predicted octanol–water partition coefficient (Wildman–Crippen LogP) is 4.53. The number of para-hydroxylation sites is 1. The van der Waals surface area contributed by atoms with Crippen LogP contribution in [-0.2, 0) is 6.61 Å². The minimum absolute atomic E-state index is 0.0248. The van der Waals surface area contributed by atoms with Crippen molar-refractivity contribution < 1.29 is 9.53 Å². The maximum atomic E-state index is 12.8. The highest BCUT2D eigenvalue weighted by Crippen LogP contribution is 2.26. The van der Waals surface area contributed by atoms with E-state index in [1.54, 1.807) is 12.4 Å². The number of carbonyl (C=O) groups is 1. The molecular formula is C26H29N3O2. The van der Waals surface area contributed by atoms with E-state index in [4.69, 9.17) is 4.74 Å². The average molecular weight is 416 g/mol. The summed E-state index contributed by atoms with van der Waals surface area (Å²) in [5.74, 6) is 1.27. The number of anilines is 1. The molecule has 5 heteroatoms. The molecule has 1 N–H and O–H groups in total. The van der Waals surface area contributed by atoms with Gasteiger partial charge in [-0.05, 0) is 67.6 Å². The Morgan fingerprint density at radius 2 is 1.90 bits per heavy atom. The summed E-state index contributed by atoms with van der Waals surface area (Å²) < 4.78 is 6.01. The van der Waals surface area contributed by atoms with Gasteiger partial charge >= 0.3 is 0 Å². The second kappa shape index (κ2) is 9.65. The molecular weight excluding hydrogens is 386 g/mol. The van der Waals surface area contributed by atoms with Crippen LogP contribution in [0.4, 0.5) is 5.69 Å². The smallest absolute Gasteiger partial charge is 0.251 e. The molecule has 0 radical (unpaired) electrons. The van der Waals surface area contributed by atoms with Gasteiger partial charge in [-0.2, -0.15) is 0 Å². The number of nitrogens with one attached hydrogen (secondary N) is 1. The number of aryl methyl sites for hydroxylation is 2. The SMILES string of the molecule is Cc1cc(C(=O)NCC2CCN(c3ccccc3)C2)cc(C)c1OCc1cccnc1. The Bertz CT molecular complexity index is 998. The van der Waals surface area contributed by atoms with Crippen molar-refractivity contribution in [3.05, 3.63) is 89.2 Å². The van der Waals surface area contributed by atoms with Crippen molar-refractivity contribution in [2.75, 3.05) is 24.5 Å². The lowest BCUT2D eigenvalue weighted by atomic mass is 10.0. The highest BCUT2D eigenvalue weighted by molar-refractivity contribution is 5.94. The first-order valence-electron chi connectivity index (χ1n) is 10.8. The lowest BCUT2D eigenvalue weighted by molar-refractivity contribution is 0.0948. The van der Waals surface area contributed by atoms with E-state index < -0.39 is 0 Å². The van der Waals surface area contributed by atoms with Gasteiger partial charge < -0.3 is 15.0 Å². The second-order valence-corrected chi connectivity index (χ2v) is 8.24. The van der Waals surface area contributed by atoms with Crippen LogP contribution in [0.2, 0.25) is 0 Å². The first-order valence-corrected chi connectivity index (χ1v) is 10.8. The van der Waals surface area contributed by atoms with E-state index in [9.17, 15) is 4.79 Å². The molecule has 4 rings (SSSR count). The van der Waals surface area contributed by atoms with E-state index in [1.807, 2.05) is 44.2 Å². The van der Waals surface area contributed by atoms with Gasteiger partial charge in [0, 0.05) is 48.8 Å². The Balaban J connectivity index is 1.32. The molecule has 3 aromatic rings. The van der Waals surface area contributed by atoms with Crippen LogP contribution < -0.4 is 15.0 Å². The van der Waals surface area contributed by atoms with E-state index >= 15 is 0 Å². The van der Waals surface area contributed by atoms with Crippen LogP contribution in [-0.4, -0.2) is 30.5 Å². The van der Waals surface area contributed by atoms with Crippen molar-refractivity contribution in [1.82, 2.24) is 10.3 Å². The third kappa shape index (κ3) is 5.23. The Hall–Kier alpha value is -3.34. The number of amides is 1. The molecule has 2 heterocycles. The van der Waals surface area contributed by atoms with Crippen LogP contribution >= 0.6 is 0 Å². The number of rotatable bonds is 7. The van der Waals surface area contributed by atoms with Crippen molar-refractivity contribution in [1.29, 1.82) is 0 Å². The zero-order valence-corrected chi connectivity index (χ0v) is 18.2. The van der Waals surface area contributed by atoms with Crippen molar-refractivity contribution >= 4 is 11.6 Å². The second-order valence-electron chi connectivity index (χ2n) is 8.24. The zero-order chi connectivity index (χ0) is 21.6. The Morgan fingerprint density at radius 1 is 1.13 bits per heavy atom. The number of ether oxygens (including phenoxy) is 1. The molecule has 1 amide bonds. The van der Waals surface area contributed by atoms with Gasteiger partial charge in [0.1, 0.15) is 12.4 Å². The lowest BCUT2D eigenvalue weighted by Crippen LogP contribution is -2.31. The summed E-state index contributed by atoms with van der Waals surface area (Å²) in [6.07, 6.45) is 4.64. The molecule has 1 saturated heterocycles. The minimum Gasteiger partial charge on any atom is -0.488 e. The molecule has 2 aromatic carbocycles. The van der Waals surface area contributed by atoms with Crippen LogP contribution in [0.1, 0.15) is 33.5 Å². The monoisotopic (exact) mass is 415 g/mol. The number of aromatic nitrogens is 1. The third-order valence-electron chi connectivity index (χ3n) is 5.79. The van der Waals surface area contributed by atoms with Gasteiger partial charge in [0.05, 0.1) is 0 Å². The maximum absolute atomic E-state index is 12.8. The summed E-state index contributed by atoms with van der Waals surface area (Å²) in [6, 6.07) is 18.2. The summed E-state index contributed by atoms with van der Waals surface area (Å²) in [6.45, 7) is 7.13. The van der Waals surface area contributed by atoms with Gasteiger partial charge in [-0.15, -0.1) is 0 Å². The Labute approximate surface area is 184 Å². The topological polar surface area (TPSA) is 54.5 Å². The van der Waals surface area contributed by atoms with Gasteiger partial charge in [-0.25, -0.2) is 0 Å². The summed E-state index contributed by atoms with van der Waals surface area (Å²) >= 11 is 0. The molecule has 1 aliphatic rings. The van der Waals surface area contributed by atoms with Crippen molar-refractivity contribution in [2.45, 2.75) is 26.9 Å². The van der Waals surface area contributed by atoms with E-state index in [0.29, 0.717) is 24.6 Å². The first kappa shape index (κ1) is 20.9. The normalized spacial score (nSPS) is 15.7. The molecule has 1 aliphatic heterocycles. The standard InChI is InChI=1S/C26H29N3O2/c1-19-13-23(14-20(2)25(19)31-18-22-7-6-11-27-15-22)26(30)28-16-21-10-12-29(17-21)24-8-4-3-5-9-24/h3-9,11,13-15,21H,10,12,16-18H2,1-2H3,(H,28,30). The molecule has 5 nitrogen and oxygen atoms in total. The van der Waals surface area contributed by atoms with Crippen molar-refractivity contribution in [2.24, 2.45) is 5.92 Å². The van der Waals surface area contributed by atoms with Crippen LogP contribution in [0.25, 0.3) is 0 Å². The van der Waals surface area contributed by atoms with Gasteiger partial charge in [0.2, 0.25) is 0 Å². The summed E-state index contributed by atoms with van der Waals surface area (Å²) in [4.78, 5) is 19.3. The fourth-order valence-electron chi connectivity index (χ4n) is 4.16. The van der Waals surface area contributed by atoms with Crippen LogP contribution in [0.15, 0.2) is 67.0 Å². The predicted molar refractivity (Wildman–Crippen MR) is 124 cm³/mol. The van der Waals surface area contributed by atoms with E-state index in [2.05, 4.69) is 39.5 Å². The maximum Gasteiger partial charge on any atom is 0.251 e. The molecule has 0 bridgehead atoms. The summed E-state index contributed by atoms with van der Waals surface area (Å²) in [7, 11) is 0. The largest absolute Gasteiger partial charge is 0.488 e. The van der Waals surface area contributed by atoms with Crippen LogP contribution in [0, 0.1) is 19.8 Å². The summed E-state index contributed by atoms with van der Waals surface area (Å²) in [5, 5.41) is 3.13. The molecule has 1 fully saturated rings. The third-order valence-corrected chi connectivity index (χ3v) is 5.79. The Kier molecular flexibility index (Phi) is 6.51.